The molecule has 24 heavy (non-hydrogen) atoms. The monoisotopic (exact) mass is 453 g/mol. The molecule has 0 bridgehead atoms. The zero-order valence-corrected chi connectivity index (χ0v) is 18.1. The molecule has 0 aromatic rings. The predicted octanol–water partition coefficient (Wildman–Crippen LogP) is 1.95. The first-order valence-electron chi connectivity index (χ1n) is 8.96. The van der Waals surface area contributed by atoms with E-state index in [4.69, 9.17) is 0 Å². The van der Waals surface area contributed by atoms with Gasteiger partial charge in [-0.15, -0.1) is 24.0 Å². The van der Waals surface area contributed by atoms with Crippen LogP contribution >= 0.6 is 24.0 Å². The lowest BCUT2D eigenvalue weighted by Crippen LogP contribution is -2.55. The Labute approximate surface area is 164 Å². The van der Waals surface area contributed by atoms with Crippen LogP contribution in [0.15, 0.2) is 4.99 Å². The number of amides is 1. The first-order valence-corrected chi connectivity index (χ1v) is 8.96. The predicted molar refractivity (Wildman–Crippen MR) is 112 cm³/mol. The van der Waals surface area contributed by atoms with Gasteiger partial charge in [-0.2, -0.15) is 0 Å². The summed E-state index contributed by atoms with van der Waals surface area (Å²) in [6.07, 6.45) is 5.38. The van der Waals surface area contributed by atoms with Crippen LogP contribution in [0.5, 0.6) is 0 Å². The molecule has 1 amide bonds. The van der Waals surface area contributed by atoms with Crippen molar-refractivity contribution in [2.75, 3.05) is 39.8 Å². The summed E-state index contributed by atoms with van der Waals surface area (Å²) in [6.45, 7) is 11.1. The topological polar surface area (TPSA) is 68.8 Å². The van der Waals surface area contributed by atoms with Gasteiger partial charge in [0.1, 0.15) is 0 Å². The molecule has 0 aromatic heterocycles. The van der Waals surface area contributed by atoms with Gasteiger partial charge in [-0.3, -0.25) is 14.7 Å². The number of rotatable bonds is 8. The number of hydrogen-bond acceptors (Lipinski definition) is 3. The molecule has 0 aliphatic carbocycles. The van der Waals surface area contributed by atoms with Crippen molar-refractivity contribution in [1.29, 1.82) is 0 Å². The van der Waals surface area contributed by atoms with Crippen LogP contribution < -0.4 is 16.0 Å². The van der Waals surface area contributed by atoms with Gasteiger partial charge in [-0.1, -0.05) is 13.3 Å². The van der Waals surface area contributed by atoms with Crippen molar-refractivity contribution in [3.05, 3.63) is 0 Å². The van der Waals surface area contributed by atoms with Crippen molar-refractivity contribution in [2.45, 2.75) is 58.4 Å². The van der Waals surface area contributed by atoms with E-state index in [2.05, 4.69) is 39.7 Å². The molecule has 1 rings (SSSR count). The van der Waals surface area contributed by atoms with Crippen molar-refractivity contribution < 1.29 is 4.79 Å². The van der Waals surface area contributed by atoms with Crippen molar-refractivity contribution in [2.24, 2.45) is 4.99 Å². The normalized spacial score (nSPS) is 16.2. The number of halogens is 1. The van der Waals surface area contributed by atoms with Crippen LogP contribution in [0.2, 0.25) is 0 Å². The van der Waals surface area contributed by atoms with Gasteiger partial charge in [0.25, 0.3) is 0 Å². The fourth-order valence-corrected chi connectivity index (χ4v) is 2.78. The van der Waals surface area contributed by atoms with Gasteiger partial charge in [0.05, 0.1) is 0 Å². The first-order chi connectivity index (χ1) is 11.0. The van der Waals surface area contributed by atoms with Crippen LogP contribution in [0.3, 0.4) is 0 Å². The molecular weight excluding hydrogens is 417 g/mol. The van der Waals surface area contributed by atoms with Crippen LogP contribution in [-0.4, -0.2) is 62.1 Å². The van der Waals surface area contributed by atoms with Gasteiger partial charge in [-0.05, 0) is 46.2 Å². The SMILES string of the molecule is CCCNC(=O)CCNC(=NC)NCC(C)(C)N1CCCCC1.I. The zero-order valence-electron chi connectivity index (χ0n) is 15.8. The first kappa shape index (κ1) is 23.4. The van der Waals surface area contributed by atoms with Crippen LogP contribution in [0.25, 0.3) is 0 Å². The minimum absolute atomic E-state index is 0. The fourth-order valence-electron chi connectivity index (χ4n) is 2.78. The molecule has 1 aliphatic heterocycles. The molecule has 0 atom stereocenters. The second-order valence-electron chi connectivity index (χ2n) is 6.81. The number of carbonyl (C=O) groups excluding carboxylic acids is 1. The van der Waals surface area contributed by atoms with E-state index in [1.165, 1.54) is 32.4 Å². The molecule has 0 spiro atoms. The number of nitrogens with zero attached hydrogens (tertiary/aromatic N) is 2. The highest BCUT2D eigenvalue weighted by Gasteiger charge is 2.27. The van der Waals surface area contributed by atoms with E-state index in [0.717, 1.165) is 25.5 Å². The van der Waals surface area contributed by atoms with Gasteiger partial charge < -0.3 is 16.0 Å². The van der Waals surface area contributed by atoms with Crippen molar-refractivity contribution in [1.82, 2.24) is 20.9 Å². The Morgan fingerprint density at radius 1 is 1.08 bits per heavy atom. The highest BCUT2D eigenvalue weighted by Crippen LogP contribution is 2.19. The van der Waals surface area contributed by atoms with Gasteiger partial charge in [-0.25, -0.2) is 0 Å². The second-order valence-corrected chi connectivity index (χ2v) is 6.81. The number of hydrogen-bond donors (Lipinski definition) is 3. The molecule has 1 saturated heterocycles. The summed E-state index contributed by atoms with van der Waals surface area (Å²) in [5.74, 6) is 0.849. The lowest BCUT2D eigenvalue weighted by atomic mass is 9.98. The number of guanidine groups is 1. The Kier molecular flexibility index (Phi) is 12.4. The standard InChI is InChI=1S/C17H35N5O.HI/c1-5-10-19-15(23)9-11-20-16(18-4)21-14-17(2,3)22-12-7-6-8-13-22;/h5-14H2,1-4H3,(H,19,23)(H2,18,20,21);1H. The molecular formula is C17H36IN5O. The summed E-state index contributed by atoms with van der Waals surface area (Å²) in [6, 6.07) is 0. The summed E-state index contributed by atoms with van der Waals surface area (Å²) < 4.78 is 0. The average Bonchev–Trinajstić information content (AvgIpc) is 2.56. The Morgan fingerprint density at radius 2 is 1.75 bits per heavy atom. The van der Waals surface area contributed by atoms with Crippen molar-refractivity contribution >= 4 is 35.8 Å². The maximum Gasteiger partial charge on any atom is 0.221 e. The highest BCUT2D eigenvalue weighted by molar-refractivity contribution is 14.0. The van der Waals surface area contributed by atoms with Crippen LogP contribution in [-0.2, 0) is 4.79 Å². The summed E-state index contributed by atoms with van der Waals surface area (Å²) in [4.78, 5) is 18.4. The Hall–Kier alpha value is -0.570. The van der Waals surface area contributed by atoms with E-state index in [0.29, 0.717) is 13.0 Å². The Balaban J connectivity index is 0.00000529. The summed E-state index contributed by atoms with van der Waals surface area (Å²) >= 11 is 0. The minimum atomic E-state index is 0. The molecule has 1 heterocycles. The number of aliphatic imine (C=N–C) groups is 1. The zero-order chi connectivity index (χ0) is 17.1. The van der Waals surface area contributed by atoms with Gasteiger partial charge in [0.15, 0.2) is 5.96 Å². The highest BCUT2D eigenvalue weighted by atomic mass is 127. The molecule has 0 saturated carbocycles. The number of nitrogens with one attached hydrogen (secondary N) is 3. The van der Waals surface area contributed by atoms with E-state index in [-0.39, 0.29) is 35.4 Å². The number of piperidine rings is 1. The number of likely N-dealkylation sites (tertiary alicyclic amines) is 1. The maximum atomic E-state index is 11.6. The van der Waals surface area contributed by atoms with Crippen molar-refractivity contribution in [3.8, 4) is 0 Å². The third kappa shape index (κ3) is 9.05. The molecule has 1 fully saturated rings. The Bertz CT molecular complexity index is 381. The molecule has 1 aliphatic rings. The molecule has 142 valence electrons. The van der Waals surface area contributed by atoms with E-state index in [9.17, 15) is 4.79 Å². The van der Waals surface area contributed by atoms with Crippen LogP contribution in [0.4, 0.5) is 0 Å². The summed E-state index contributed by atoms with van der Waals surface area (Å²) in [5, 5.41) is 9.48. The average molecular weight is 453 g/mol. The maximum absolute atomic E-state index is 11.6. The van der Waals surface area contributed by atoms with Gasteiger partial charge >= 0.3 is 0 Å². The van der Waals surface area contributed by atoms with E-state index in [1.54, 1.807) is 7.05 Å². The Morgan fingerprint density at radius 3 is 2.33 bits per heavy atom. The van der Waals surface area contributed by atoms with Crippen molar-refractivity contribution in [3.63, 3.8) is 0 Å². The third-order valence-corrected chi connectivity index (χ3v) is 4.34. The number of carbonyl (C=O) groups is 1. The smallest absolute Gasteiger partial charge is 0.221 e. The molecule has 3 N–H and O–H groups in total. The van der Waals surface area contributed by atoms with Gasteiger partial charge in [0, 0.05) is 38.6 Å². The third-order valence-electron chi connectivity index (χ3n) is 4.34. The minimum Gasteiger partial charge on any atom is -0.356 e. The largest absolute Gasteiger partial charge is 0.356 e. The molecule has 6 nitrogen and oxygen atoms in total. The quantitative estimate of drug-likeness (QED) is 0.299. The molecule has 7 heteroatoms. The summed E-state index contributed by atoms with van der Waals surface area (Å²) in [7, 11) is 1.76. The van der Waals surface area contributed by atoms with Crippen LogP contribution in [0, 0.1) is 0 Å². The molecule has 0 aromatic carbocycles. The molecule has 0 radical (unpaired) electrons. The summed E-state index contributed by atoms with van der Waals surface area (Å²) in [5.41, 5.74) is 0.108. The fraction of sp³-hybridized carbons (Fsp3) is 0.882. The van der Waals surface area contributed by atoms with Gasteiger partial charge in [0.2, 0.25) is 5.91 Å². The van der Waals surface area contributed by atoms with E-state index < -0.39 is 0 Å². The lowest BCUT2D eigenvalue weighted by Gasteiger charge is -2.41. The lowest BCUT2D eigenvalue weighted by molar-refractivity contribution is -0.120. The second kappa shape index (κ2) is 12.7. The molecule has 0 unspecified atom stereocenters. The van der Waals surface area contributed by atoms with E-state index >= 15 is 0 Å². The van der Waals surface area contributed by atoms with E-state index in [1.807, 2.05) is 6.92 Å². The van der Waals surface area contributed by atoms with Crippen LogP contribution in [0.1, 0.15) is 52.9 Å².